The lowest BCUT2D eigenvalue weighted by atomic mass is 10.00. The van der Waals surface area contributed by atoms with Crippen LogP contribution in [0.3, 0.4) is 0 Å². The van der Waals surface area contributed by atoms with Crippen molar-refractivity contribution in [1.29, 1.82) is 0 Å². The first-order valence-corrected chi connectivity index (χ1v) is 21.9. The van der Waals surface area contributed by atoms with Crippen molar-refractivity contribution in [2.75, 3.05) is 0 Å². The van der Waals surface area contributed by atoms with Crippen molar-refractivity contribution in [3.63, 3.8) is 0 Å². The largest absolute Gasteiger partial charge is 0.504 e. The van der Waals surface area contributed by atoms with E-state index in [1.807, 2.05) is 115 Å². The van der Waals surface area contributed by atoms with Gasteiger partial charge in [0.15, 0.2) is 29.0 Å². The van der Waals surface area contributed by atoms with Crippen LogP contribution in [0.1, 0.15) is 0 Å². The number of furan rings is 1. The number of fused-ring (bicyclic) bond motifs is 9. The molecule has 13 aromatic rings. The molecular formula is C57H35N5O6. The molecule has 4 aromatic heterocycles. The molecule has 11 nitrogen and oxygen atoms in total. The van der Waals surface area contributed by atoms with Gasteiger partial charge < -0.3 is 39.1 Å². The summed E-state index contributed by atoms with van der Waals surface area (Å²) in [6.45, 7) is 0. The molecular weight excluding hydrogens is 851 g/mol. The van der Waals surface area contributed by atoms with Gasteiger partial charge in [0.25, 0.3) is 0 Å². The van der Waals surface area contributed by atoms with Crippen LogP contribution in [0, 0.1) is 0 Å². The van der Waals surface area contributed by atoms with Crippen LogP contribution in [0.4, 0.5) is 0 Å². The number of aromatic nitrogens is 5. The van der Waals surface area contributed by atoms with Gasteiger partial charge in [0.2, 0.25) is 17.2 Å². The molecule has 0 unspecified atom stereocenters. The van der Waals surface area contributed by atoms with E-state index in [0.29, 0.717) is 34.2 Å². The zero-order valence-corrected chi connectivity index (χ0v) is 35.7. The van der Waals surface area contributed by atoms with Gasteiger partial charge in [0.1, 0.15) is 11.2 Å². The first-order chi connectivity index (χ1) is 33.3. The maximum absolute atomic E-state index is 11.0. The van der Waals surface area contributed by atoms with E-state index >= 15 is 0 Å². The zero-order valence-electron chi connectivity index (χ0n) is 35.7. The highest BCUT2D eigenvalue weighted by Gasteiger charge is 2.27. The molecule has 11 heteroatoms. The van der Waals surface area contributed by atoms with Crippen LogP contribution < -0.4 is 0 Å². The smallest absolute Gasteiger partial charge is 0.208 e. The molecule has 0 radical (unpaired) electrons. The van der Waals surface area contributed by atoms with E-state index in [1.54, 1.807) is 12.1 Å². The molecule has 0 saturated heterocycles. The second kappa shape index (κ2) is 14.7. The Morgan fingerprint density at radius 1 is 0.353 bits per heavy atom. The minimum Gasteiger partial charge on any atom is -0.504 e. The van der Waals surface area contributed by atoms with E-state index in [2.05, 4.69) is 63.7 Å². The molecule has 0 bridgehead atoms. The van der Waals surface area contributed by atoms with Crippen molar-refractivity contribution in [1.82, 2.24) is 24.1 Å². The van der Waals surface area contributed by atoms with Gasteiger partial charge in [-0.25, -0.2) is 15.0 Å². The molecule has 324 valence electrons. The van der Waals surface area contributed by atoms with E-state index in [0.717, 1.165) is 76.9 Å². The fraction of sp³-hybridized carbons (Fsp3) is 0. The number of rotatable bonds is 6. The minimum absolute atomic E-state index is 0.244. The van der Waals surface area contributed by atoms with Gasteiger partial charge in [-0.15, -0.1) is 0 Å². The zero-order chi connectivity index (χ0) is 45.8. The first-order valence-electron chi connectivity index (χ1n) is 21.9. The highest BCUT2D eigenvalue weighted by atomic mass is 16.4. The van der Waals surface area contributed by atoms with Crippen molar-refractivity contribution in [2.24, 2.45) is 0 Å². The van der Waals surface area contributed by atoms with Crippen LogP contribution >= 0.6 is 0 Å². The molecule has 13 rings (SSSR count). The van der Waals surface area contributed by atoms with Gasteiger partial charge in [0.05, 0.1) is 38.7 Å². The Morgan fingerprint density at radius 3 is 1.54 bits per heavy atom. The summed E-state index contributed by atoms with van der Waals surface area (Å²) < 4.78 is 11.0. The third-order valence-electron chi connectivity index (χ3n) is 12.9. The molecule has 0 aliphatic rings. The van der Waals surface area contributed by atoms with Crippen molar-refractivity contribution >= 4 is 65.6 Å². The molecule has 4 heterocycles. The van der Waals surface area contributed by atoms with E-state index in [4.69, 9.17) is 19.4 Å². The molecule has 0 spiro atoms. The number of hydrogen-bond acceptors (Lipinski definition) is 9. The molecule has 5 N–H and O–H groups in total. The number of nitrogens with zero attached hydrogens (tertiary/aromatic N) is 5. The van der Waals surface area contributed by atoms with Crippen LogP contribution in [0.25, 0.3) is 122 Å². The summed E-state index contributed by atoms with van der Waals surface area (Å²) in [6, 6.07) is 59.9. The molecule has 0 fully saturated rings. The number of hydrogen-bond donors (Lipinski definition) is 5. The van der Waals surface area contributed by atoms with Gasteiger partial charge in [0, 0.05) is 49.3 Å². The molecule has 0 amide bonds. The van der Waals surface area contributed by atoms with Crippen LogP contribution in [-0.2, 0) is 0 Å². The summed E-state index contributed by atoms with van der Waals surface area (Å²) >= 11 is 0. The van der Waals surface area contributed by atoms with Gasteiger partial charge in [-0.3, -0.25) is 0 Å². The lowest BCUT2D eigenvalue weighted by molar-refractivity contribution is 0.330. The van der Waals surface area contributed by atoms with Crippen LogP contribution in [0.5, 0.6) is 28.7 Å². The van der Waals surface area contributed by atoms with E-state index in [1.165, 1.54) is 0 Å². The summed E-state index contributed by atoms with van der Waals surface area (Å²) in [5, 5.41) is 58.8. The summed E-state index contributed by atoms with van der Waals surface area (Å²) in [6.07, 6.45) is 0. The number of phenolic OH excluding ortho intramolecular Hbond substituents is 5. The Bertz CT molecular complexity index is 4190. The van der Waals surface area contributed by atoms with Crippen molar-refractivity contribution in [3.8, 4) is 85.4 Å². The van der Waals surface area contributed by atoms with Crippen molar-refractivity contribution < 1.29 is 29.9 Å². The average Bonchev–Trinajstić information content (AvgIpc) is 4.05. The maximum Gasteiger partial charge on any atom is 0.208 e. The van der Waals surface area contributed by atoms with Gasteiger partial charge in [-0.2, -0.15) is 0 Å². The summed E-state index contributed by atoms with van der Waals surface area (Å²) in [4.78, 5) is 15.6. The average molecular weight is 886 g/mol. The lowest BCUT2D eigenvalue weighted by Gasteiger charge is -2.14. The Hall–Kier alpha value is -9.61. The highest BCUT2D eigenvalue weighted by molar-refractivity contribution is 6.18. The van der Waals surface area contributed by atoms with Crippen LogP contribution in [0.2, 0.25) is 0 Å². The normalized spacial score (nSPS) is 11.8. The van der Waals surface area contributed by atoms with Gasteiger partial charge >= 0.3 is 0 Å². The molecule has 9 aromatic carbocycles. The lowest BCUT2D eigenvalue weighted by Crippen LogP contribution is -2.01. The number of phenols is 5. The molecule has 0 saturated carbocycles. The maximum atomic E-state index is 11.0. The summed E-state index contributed by atoms with van der Waals surface area (Å²) in [5.74, 6) is -3.04. The quantitative estimate of drug-likeness (QED) is 0.0808. The fourth-order valence-electron chi connectivity index (χ4n) is 9.87. The third kappa shape index (κ3) is 5.69. The Labute approximate surface area is 385 Å². The van der Waals surface area contributed by atoms with E-state index < -0.39 is 28.7 Å². The second-order valence-electron chi connectivity index (χ2n) is 16.7. The van der Waals surface area contributed by atoms with E-state index in [-0.39, 0.29) is 11.1 Å². The number of para-hydroxylation sites is 3. The standard InChI is InChI=1S/C57H35N5O6/c63-50-47(51(64)53(66)54(67)52(50)65)32-25-27-38-36-18-8-10-21-41(36)62(44(38)29-32)42-22-12-24-46-49(42)48-39(19-11-23-45(48)68-46)57-59-55(31-13-3-1-4-14-31)58-56(60-57)33-26-28-37-35-17-7-9-20-40(35)61(43(37)30-33)34-15-5-2-6-16-34/h1-30,63-67H. The fourth-order valence-corrected chi connectivity index (χ4v) is 9.87. The predicted molar refractivity (Wildman–Crippen MR) is 266 cm³/mol. The molecule has 0 aliphatic heterocycles. The van der Waals surface area contributed by atoms with Crippen molar-refractivity contribution in [2.45, 2.75) is 0 Å². The van der Waals surface area contributed by atoms with Crippen LogP contribution in [-0.4, -0.2) is 49.6 Å². The second-order valence-corrected chi connectivity index (χ2v) is 16.7. The summed E-state index contributed by atoms with van der Waals surface area (Å²) in [7, 11) is 0. The first kappa shape index (κ1) is 38.8. The van der Waals surface area contributed by atoms with E-state index in [9.17, 15) is 25.5 Å². The predicted octanol–water partition coefficient (Wildman–Crippen LogP) is 13.2. The van der Waals surface area contributed by atoms with Gasteiger partial charge in [-0.05, 0) is 60.2 Å². The van der Waals surface area contributed by atoms with Gasteiger partial charge in [-0.1, -0.05) is 127 Å². The monoisotopic (exact) mass is 885 g/mol. The molecule has 0 aliphatic carbocycles. The SMILES string of the molecule is Oc1c(O)c(O)c(-c2ccc3c4ccccc4n(-c4cccc5oc6cccc(-c7nc(-c8ccccc8)nc(-c8ccc9c%10ccccc%10n(-c%10ccccc%10)c9c8)n7)c6c45)c3c2)c(O)c1O. The number of aromatic hydroxyl groups is 5. The van der Waals surface area contributed by atoms with Crippen LogP contribution in [0.15, 0.2) is 186 Å². The Balaban J connectivity index is 1.06. The van der Waals surface area contributed by atoms with Crippen molar-refractivity contribution in [3.05, 3.63) is 182 Å². The molecule has 0 atom stereocenters. The topological polar surface area (TPSA) is 163 Å². The highest BCUT2D eigenvalue weighted by Crippen LogP contribution is 2.55. The Kier molecular flexibility index (Phi) is 8.40. The third-order valence-corrected chi connectivity index (χ3v) is 12.9. The summed E-state index contributed by atoms with van der Waals surface area (Å²) in [5.41, 5.74) is 9.10. The Morgan fingerprint density at radius 2 is 0.853 bits per heavy atom. The number of benzene rings is 9. The minimum atomic E-state index is -1.03. The molecule has 68 heavy (non-hydrogen) atoms.